The first-order chi connectivity index (χ1) is 11.9. The van der Waals surface area contributed by atoms with Crippen molar-refractivity contribution < 1.29 is 14.3 Å². The summed E-state index contributed by atoms with van der Waals surface area (Å²) >= 11 is 0. The van der Waals surface area contributed by atoms with Gasteiger partial charge in [-0.05, 0) is 58.4 Å². The van der Waals surface area contributed by atoms with Crippen molar-refractivity contribution in [2.75, 3.05) is 26.3 Å². The molecule has 1 rings (SSSR count). The lowest BCUT2D eigenvalue weighted by Crippen LogP contribution is -2.42. The molecule has 0 spiro atoms. The van der Waals surface area contributed by atoms with E-state index in [0.717, 1.165) is 39.0 Å². The van der Waals surface area contributed by atoms with Crippen LogP contribution in [0.1, 0.15) is 53.9 Å². The zero-order chi connectivity index (χ0) is 18.7. The van der Waals surface area contributed by atoms with E-state index in [2.05, 4.69) is 37.3 Å². The predicted molar refractivity (Wildman–Crippen MR) is 104 cm³/mol. The Morgan fingerprint density at radius 3 is 2.36 bits per heavy atom. The quantitative estimate of drug-likeness (QED) is 0.473. The number of piperidine rings is 1. The van der Waals surface area contributed by atoms with Crippen LogP contribution < -0.4 is 0 Å². The SMILES string of the molecule is C/C=C(\C=C/COCC1CCN(C(=O)OC(C)(C)C)CC1)/C=C/CC. The van der Waals surface area contributed by atoms with Crippen molar-refractivity contribution in [1.82, 2.24) is 4.90 Å². The predicted octanol–water partition coefficient (Wildman–Crippen LogP) is 5.12. The summed E-state index contributed by atoms with van der Waals surface area (Å²) in [7, 11) is 0. The van der Waals surface area contributed by atoms with Crippen LogP contribution in [0.2, 0.25) is 0 Å². The molecule has 1 amide bonds. The highest BCUT2D eigenvalue weighted by Crippen LogP contribution is 2.20. The van der Waals surface area contributed by atoms with Gasteiger partial charge < -0.3 is 14.4 Å². The second-order valence-corrected chi connectivity index (χ2v) is 7.45. The van der Waals surface area contributed by atoms with E-state index in [4.69, 9.17) is 9.47 Å². The van der Waals surface area contributed by atoms with E-state index >= 15 is 0 Å². The second-order valence-electron chi connectivity index (χ2n) is 7.45. The molecule has 1 aliphatic heterocycles. The third-order valence-corrected chi connectivity index (χ3v) is 4.02. The van der Waals surface area contributed by atoms with Gasteiger partial charge in [0.1, 0.15) is 5.60 Å². The third kappa shape index (κ3) is 9.49. The van der Waals surface area contributed by atoms with Crippen LogP contribution in [0.5, 0.6) is 0 Å². The summed E-state index contributed by atoms with van der Waals surface area (Å²) in [5, 5.41) is 0. The number of ether oxygens (including phenoxy) is 2. The maximum Gasteiger partial charge on any atom is 0.410 e. The van der Waals surface area contributed by atoms with Gasteiger partial charge in [0, 0.05) is 19.7 Å². The minimum atomic E-state index is -0.429. The number of allylic oxidation sites excluding steroid dienone is 5. The molecule has 1 saturated heterocycles. The first kappa shape index (κ1) is 21.5. The standard InChI is InChI=1S/C21H35NO3/c1-6-8-10-18(7-2)11-9-16-24-17-19-12-14-22(15-13-19)20(23)25-21(3,4)5/h7-11,19H,6,12-17H2,1-5H3/b10-8+,11-9-,18-7-. The van der Waals surface area contributed by atoms with Crippen LogP contribution in [-0.2, 0) is 9.47 Å². The van der Waals surface area contributed by atoms with E-state index in [0.29, 0.717) is 12.5 Å². The minimum Gasteiger partial charge on any atom is -0.444 e. The van der Waals surface area contributed by atoms with Crippen LogP contribution in [0.4, 0.5) is 4.79 Å². The van der Waals surface area contributed by atoms with Crippen LogP contribution >= 0.6 is 0 Å². The molecule has 0 atom stereocenters. The molecule has 25 heavy (non-hydrogen) atoms. The highest BCUT2D eigenvalue weighted by atomic mass is 16.6. The van der Waals surface area contributed by atoms with Crippen molar-refractivity contribution in [2.45, 2.75) is 59.5 Å². The lowest BCUT2D eigenvalue weighted by molar-refractivity contribution is 0.0131. The molecular weight excluding hydrogens is 314 g/mol. The molecule has 1 aliphatic rings. The summed E-state index contributed by atoms with van der Waals surface area (Å²) in [5.74, 6) is 0.522. The maximum absolute atomic E-state index is 12.0. The first-order valence-electron chi connectivity index (χ1n) is 9.40. The normalized spacial score (nSPS) is 17.6. The maximum atomic E-state index is 12.0. The molecule has 0 aromatic heterocycles. The molecule has 4 heteroatoms. The molecule has 0 bridgehead atoms. The van der Waals surface area contributed by atoms with Crippen molar-refractivity contribution in [1.29, 1.82) is 0 Å². The highest BCUT2D eigenvalue weighted by Gasteiger charge is 2.26. The number of carbonyl (C=O) groups is 1. The molecule has 4 nitrogen and oxygen atoms in total. The number of likely N-dealkylation sites (tertiary alicyclic amines) is 1. The number of rotatable bonds is 7. The second kappa shape index (κ2) is 11.1. The number of carbonyl (C=O) groups excluding carboxylic acids is 1. The van der Waals surface area contributed by atoms with E-state index in [1.165, 1.54) is 5.57 Å². The van der Waals surface area contributed by atoms with E-state index in [1.54, 1.807) is 4.90 Å². The van der Waals surface area contributed by atoms with E-state index < -0.39 is 5.60 Å². The largest absolute Gasteiger partial charge is 0.444 e. The van der Waals surface area contributed by atoms with Crippen LogP contribution in [0, 0.1) is 5.92 Å². The average molecular weight is 350 g/mol. The third-order valence-electron chi connectivity index (χ3n) is 4.02. The molecule has 0 radical (unpaired) electrons. The van der Waals surface area contributed by atoms with Crippen molar-refractivity contribution in [2.24, 2.45) is 5.92 Å². The van der Waals surface area contributed by atoms with Gasteiger partial charge in [-0.2, -0.15) is 0 Å². The molecule has 142 valence electrons. The number of amides is 1. The van der Waals surface area contributed by atoms with Gasteiger partial charge in [-0.3, -0.25) is 0 Å². The number of hydrogen-bond acceptors (Lipinski definition) is 3. The molecule has 1 fully saturated rings. The van der Waals surface area contributed by atoms with E-state index in [9.17, 15) is 4.79 Å². The van der Waals surface area contributed by atoms with Crippen molar-refractivity contribution in [3.63, 3.8) is 0 Å². The number of nitrogens with zero attached hydrogens (tertiary/aromatic N) is 1. The molecule has 0 unspecified atom stereocenters. The number of hydrogen-bond donors (Lipinski definition) is 0. The summed E-state index contributed by atoms with van der Waals surface area (Å²) in [6.07, 6.45) is 13.3. The molecule has 0 saturated carbocycles. The van der Waals surface area contributed by atoms with Crippen LogP contribution in [0.15, 0.2) is 36.0 Å². The molecular formula is C21H35NO3. The molecule has 0 aliphatic carbocycles. The lowest BCUT2D eigenvalue weighted by Gasteiger charge is -2.33. The molecule has 0 aromatic rings. The van der Waals surface area contributed by atoms with Gasteiger partial charge in [0.2, 0.25) is 0 Å². The zero-order valence-electron chi connectivity index (χ0n) is 16.6. The lowest BCUT2D eigenvalue weighted by atomic mass is 9.98. The Morgan fingerprint density at radius 1 is 1.16 bits per heavy atom. The summed E-state index contributed by atoms with van der Waals surface area (Å²) in [5.41, 5.74) is 0.776. The van der Waals surface area contributed by atoms with Crippen molar-refractivity contribution in [3.8, 4) is 0 Å². The Labute approximate surface area is 153 Å². The average Bonchev–Trinajstić information content (AvgIpc) is 2.56. The van der Waals surface area contributed by atoms with Gasteiger partial charge in [-0.25, -0.2) is 4.79 Å². The summed E-state index contributed by atoms with van der Waals surface area (Å²) in [6, 6.07) is 0. The van der Waals surface area contributed by atoms with Crippen molar-refractivity contribution in [3.05, 3.63) is 36.0 Å². The van der Waals surface area contributed by atoms with Crippen LogP contribution in [0.25, 0.3) is 0 Å². The Balaban J connectivity index is 2.23. The first-order valence-corrected chi connectivity index (χ1v) is 9.40. The van der Waals surface area contributed by atoms with E-state index in [1.807, 2.05) is 27.7 Å². The fraction of sp³-hybridized carbons (Fsp3) is 0.667. The smallest absolute Gasteiger partial charge is 0.410 e. The highest BCUT2D eigenvalue weighted by molar-refractivity contribution is 5.68. The van der Waals surface area contributed by atoms with Crippen LogP contribution in [-0.4, -0.2) is 42.9 Å². The van der Waals surface area contributed by atoms with Gasteiger partial charge in [0.15, 0.2) is 0 Å². The monoisotopic (exact) mass is 349 g/mol. The van der Waals surface area contributed by atoms with Gasteiger partial charge >= 0.3 is 6.09 Å². The van der Waals surface area contributed by atoms with Gasteiger partial charge in [-0.1, -0.05) is 37.3 Å². The summed E-state index contributed by atoms with van der Waals surface area (Å²) in [6.45, 7) is 12.8. The minimum absolute atomic E-state index is 0.200. The van der Waals surface area contributed by atoms with E-state index in [-0.39, 0.29) is 6.09 Å². The molecule has 1 heterocycles. The van der Waals surface area contributed by atoms with Crippen LogP contribution in [0.3, 0.4) is 0 Å². The zero-order valence-corrected chi connectivity index (χ0v) is 16.6. The van der Waals surface area contributed by atoms with Crippen molar-refractivity contribution >= 4 is 6.09 Å². The fourth-order valence-corrected chi connectivity index (χ4v) is 2.60. The van der Waals surface area contributed by atoms with Gasteiger partial charge in [0.25, 0.3) is 0 Å². The Kier molecular flexibility index (Phi) is 9.58. The molecule has 0 aromatic carbocycles. The fourth-order valence-electron chi connectivity index (χ4n) is 2.60. The Bertz CT molecular complexity index is 478. The Morgan fingerprint density at radius 2 is 1.80 bits per heavy atom. The summed E-state index contributed by atoms with van der Waals surface area (Å²) in [4.78, 5) is 13.8. The van der Waals surface area contributed by atoms with Gasteiger partial charge in [-0.15, -0.1) is 0 Å². The van der Waals surface area contributed by atoms with Gasteiger partial charge in [0.05, 0.1) is 6.61 Å². The Hall–Kier alpha value is -1.55. The molecule has 0 N–H and O–H groups in total. The topological polar surface area (TPSA) is 38.8 Å². The summed E-state index contributed by atoms with van der Waals surface area (Å²) < 4.78 is 11.2.